The van der Waals surface area contributed by atoms with Crippen molar-refractivity contribution < 1.29 is 17.0 Å². The van der Waals surface area contributed by atoms with Crippen LogP contribution in [0.4, 0.5) is 0 Å². The predicted molar refractivity (Wildman–Crippen MR) is 86.8 cm³/mol. The van der Waals surface area contributed by atoms with Gasteiger partial charge in [-0.15, -0.1) is 0 Å². The Kier molecular flexibility index (Phi) is 4.06. The molecule has 0 bridgehead atoms. The Morgan fingerprint density at radius 2 is 1.61 bits per heavy atom. The van der Waals surface area contributed by atoms with E-state index in [1.165, 1.54) is 36.4 Å². The Hall–Kier alpha value is -2.02. The molecule has 2 aromatic carbocycles. The summed E-state index contributed by atoms with van der Waals surface area (Å²) in [6.45, 7) is 0. The van der Waals surface area contributed by atoms with E-state index < -0.39 is 15.7 Å². The summed E-state index contributed by atoms with van der Waals surface area (Å²) in [7, 11) is -4.24. The minimum atomic E-state index is -4.24. The number of rotatable bonds is 3. The van der Waals surface area contributed by atoms with Gasteiger partial charge in [-0.1, -0.05) is 29.3 Å². The Morgan fingerprint density at radius 3 is 2.30 bits per heavy atom. The van der Waals surface area contributed by atoms with Crippen LogP contribution in [0.5, 0.6) is 5.75 Å². The van der Waals surface area contributed by atoms with Crippen LogP contribution in [0.3, 0.4) is 0 Å². The maximum Gasteiger partial charge on any atom is 0.342 e. The van der Waals surface area contributed by atoms with Gasteiger partial charge in [0.05, 0.1) is 10.0 Å². The first-order valence-electron chi connectivity index (χ1n) is 6.29. The summed E-state index contributed by atoms with van der Waals surface area (Å²) in [4.78, 5) is 10.9. The minimum Gasteiger partial charge on any atom is -0.423 e. The van der Waals surface area contributed by atoms with Crippen molar-refractivity contribution in [3.8, 4) is 5.75 Å². The van der Waals surface area contributed by atoms with Gasteiger partial charge in [0, 0.05) is 17.5 Å². The van der Waals surface area contributed by atoms with Crippen LogP contribution in [0.15, 0.2) is 62.6 Å². The molecule has 23 heavy (non-hydrogen) atoms. The van der Waals surface area contributed by atoms with E-state index in [9.17, 15) is 13.2 Å². The molecule has 8 heteroatoms. The molecule has 0 aliphatic heterocycles. The SMILES string of the molecule is O=c1ccc2ccc(OS(=O)(=O)c3c(Cl)cccc3Cl)cc2o1. The average Bonchev–Trinajstić information content (AvgIpc) is 2.45. The van der Waals surface area contributed by atoms with Crippen molar-refractivity contribution in [2.75, 3.05) is 0 Å². The van der Waals surface area contributed by atoms with Crippen molar-refractivity contribution >= 4 is 44.3 Å². The fraction of sp³-hybridized carbons (Fsp3) is 0. The summed E-state index contributed by atoms with van der Waals surface area (Å²) < 4.78 is 34.8. The number of hydrogen-bond donors (Lipinski definition) is 0. The highest BCUT2D eigenvalue weighted by atomic mass is 35.5. The van der Waals surface area contributed by atoms with Gasteiger partial charge in [0.1, 0.15) is 16.2 Å². The monoisotopic (exact) mass is 370 g/mol. The van der Waals surface area contributed by atoms with Crippen LogP contribution < -0.4 is 9.81 Å². The Balaban J connectivity index is 2.05. The van der Waals surface area contributed by atoms with E-state index >= 15 is 0 Å². The zero-order valence-electron chi connectivity index (χ0n) is 11.3. The lowest BCUT2D eigenvalue weighted by Crippen LogP contribution is -2.11. The van der Waals surface area contributed by atoms with E-state index in [-0.39, 0.29) is 26.3 Å². The first-order valence-corrected chi connectivity index (χ1v) is 8.46. The molecule has 0 unspecified atom stereocenters. The molecule has 0 fully saturated rings. The fourth-order valence-electron chi connectivity index (χ4n) is 1.98. The maximum atomic E-state index is 12.4. The highest BCUT2D eigenvalue weighted by Gasteiger charge is 2.24. The number of benzene rings is 2. The largest absolute Gasteiger partial charge is 0.423 e. The predicted octanol–water partition coefficient (Wildman–Crippen LogP) is 3.87. The lowest BCUT2D eigenvalue weighted by molar-refractivity contribution is 0.485. The molecule has 0 atom stereocenters. The van der Waals surface area contributed by atoms with Crippen LogP contribution in [0.25, 0.3) is 11.0 Å². The zero-order chi connectivity index (χ0) is 16.6. The third-order valence-corrected chi connectivity index (χ3v) is 5.18. The van der Waals surface area contributed by atoms with Gasteiger partial charge in [-0.05, 0) is 30.3 Å². The van der Waals surface area contributed by atoms with E-state index in [2.05, 4.69) is 0 Å². The first kappa shape index (κ1) is 15.9. The van der Waals surface area contributed by atoms with Gasteiger partial charge in [0.15, 0.2) is 0 Å². The highest BCUT2D eigenvalue weighted by molar-refractivity contribution is 7.87. The van der Waals surface area contributed by atoms with Crippen molar-refractivity contribution in [3.05, 3.63) is 69.0 Å². The van der Waals surface area contributed by atoms with Gasteiger partial charge in [-0.3, -0.25) is 0 Å². The summed E-state index contributed by atoms with van der Waals surface area (Å²) in [6.07, 6.45) is 0. The molecule has 0 saturated carbocycles. The van der Waals surface area contributed by atoms with Crippen LogP contribution in [0.2, 0.25) is 10.0 Å². The van der Waals surface area contributed by atoms with Crippen molar-refractivity contribution in [2.24, 2.45) is 0 Å². The zero-order valence-corrected chi connectivity index (χ0v) is 13.7. The van der Waals surface area contributed by atoms with Gasteiger partial charge in [0.2, 0.25) is 0 Å². The summed E-state index contributed by atoms with van der Waals surface area (Å²) in [5, 5.41) is 0.528. The number of hydrogen-bond acceptors (Lipinski definition) is 5. The van der Waals surface area contributed by atoms with E-state index in [4.69, 9.17) is 31.8 Å². The van der Waals surface area contributed by atoms with Crippen molar-refractivity contribution in [1.82, 2.24) is 0 Å². The molecular weight excluding hydrogens is 363 g/mol. The third-order valence-electron chi connectivity index (χ3n) is 2.97. The lowest BCUT2D eigenvalue weighted by atomic mass is 10.2. The first-order chi connectivity index (χ1) is 10.9. The van der Waals surface area contributed by atoms with E-state index in [1.807, 2.05) is 0 Å². The van der Waals surface area contributed by atoms with Gasteiger partial charge < -0.3 is 8.60 Å². The Bertz CT molecular complexity index is 1040. The van der Waals surface area contributed by atoms with E-state index in [1.54, 1.807) is 12.1 Å². The van der Waals surface area contributed by atoms with E-state index in [0.717, 1.165) is 0 Å². The molecule has 5 nitrogen and oxygen atoms in total. The summed E-state index contributed by atoms with van der Waals surface area (Å²) >= 11 is 11.8. The third kappa shape index (κ3) is 3.19. The maximum absolute atomic E-state index is 12.4. The molecule has 3 aromatic rings. The molecule has 0 saturated heterocycles. The van der Waals surface area contributed by atoms with Crippen molar-refractivity contribution in [2.45, 2.75) is 4.90 Å². The van der Waals surface area contributed by atoms with E-state index in [0.29, 0.717) is 5.39 Å². The van der Waals surface area contributed by atoms with Crippen molar-refractivity contribution in [3.63, 3.8) is 0 Å². The molecule has 0 spiro atoms. The molecule has 1 aromatic heterocycles. The van der Waals surface area contributed by atoms with Crippen LogP contribution in [0, 0.1) is 0 Å². The Morgan fingerprint density at radius 1 is 0.957 bits per heavy atom. The van der Waals surface area contributed by atoms with Crippen LogP contribution in [0.1, 0.15) is 0 Å². The molecule has 0 aliphatic carbocycles. The lowest BCUT2D eigenvalue weighted by Gasteiger charge is -2.10. The normalized spacial score (nSPS) is 11.6. The molecule has 118 valence electrons. The molecule has 1 heterocycles. The Labute approximate surface area is 141 Å². The molecule has 0 aliphatic rings. The number of fused-ring (bicyclic) bond motifs is 1. The second kappa shape index (κ2) is 5.88. The van der Waals surface area contributed by atoms with Crippen LogP contribution in [-0.4, -0.2) is 8.42 Å². The van der Waals surface area contributed by atoms with Gasteiger partial charge in [-0.25, -0.2) is 4.79 Å². The standard InChI is InChI=1S/C15H8Cl2O5S/c16-11-2-1-3-12(17)15(11)23(19,20)22-10-6-4-9-5-7-14(18)21-13(9)8-10/h1-8H. The topological polar surface area (TPSA) is 73.6 Å². The fourth-order valence-corrected chi connectivity index (χ4v) is 4.00. The van der Waals surface area contributed by atoms with Gasteiger partial charge >= 0.3 is 15.7 Å². The quantitative estimate of drug-likeness (QED) is 0.516. The highest BCUT2D eigenvalue weighted by Crippen LogP contribution is 2.31. The smallest absolute Gasteiger partial charge is 0.342 e. The molecular formula is C15H8Cl2O5S. The van der Waals surface area contributed by atoms with Gasteiger partial charge in [0.25, 0.3) is 0 Å². The van der Waals surface area contributed by atoms with Crippen molar-refractivity contribution in [1.29, 1.82) is 0 Å². The number of halogens is 2. The summed E-state index contributed by atoms with van der Waals surface area (Å²) in [5.74, 6) is -0.0252. The minimum absolute atomic E-state index is 0.0252. The molecule has 3 rings (SSSR count). The average molecular weight is 371 g/mol. The molecule has 0 N–H and O–H groups in total. The molecule has 0 radical (unpaired) electrons. The second-order valence-electron chi connectivity index (χ2n) is 4.54. The summed E-state index contributed by atoms with van der Waals surface area (Å²) in [6, 6.07) is 11.4. The van der Waals surface area contributed by atoms with Crippen LogP contribution >= 0.6 is 23.2 Å². The van der Waals surface area contributed by atoms with Crippen LogP contribution in [-0.2, 0) is 10.1 Å². The van der Waals surface area contributed by atoms with Gasteiger partial charge in [-0.2, -0.15) is 8.42 Å². The molecule has 0 amide bonds. The second-order valence-corrected chi connectivity index (χ2v) is 6.84. The summed E-state index contributed by atoms with van der Waals surface area (Å²) in [5.41, 5.74) is -0.345.